The number of rotatable bonds is 2. The van der Waals surface area contributed by atoms with Gasteiger partial charge in [0.15, 0.2) is 11.7 Å². The molecule has 4 N–H and O–H groups in total. The van der Waals surface area contributed by atoms with Crippen LogP contribution in [0, 0.1) is 5.82 Å². The molecule has 1 unspecified atom stereocenters. The van der Waals surface area contributed by atoms with Crippen LogP contribution in [0.2, 0.25) is 0 Å². The van der Waals surface area contributed by atoms with Crippen molar-refractivity contribution in [3.05, 3.63) is 28.0 Å². The van der Waals surface area contributed by atoms with Crippen molar-refractivity contribution in [3.63, 3.8) is 0 Å². The third-order valence-electron chi connectivity index (χ3n) is 3.85. The van der Waals surface area contributed by atoms with E-state index < -0.39 is 11.4 Å². The van der Waals surface area contributed by atoms with E-state index in [1.54, 1.807) is 12.1 Å². The third kappa shape index (κ3) is 3.47. The van der Waals surface area contributed by atoms with Gasteiger partial charge in [0.25, 0.3) is 0 Å². The highest BCUT2D eigenvalue weighted by atomic mass is 79.9. The second-order valence-corrected chi connectivity index (χ2v) is 6.38. The first-order chi connectivity index (χ1) is 9.85. The van der Waals surface area contributed by atoms with E-state index in [0.717, 1.165) is 6.42 Å². The lowest BCUT2D eigenvalue weighted by Gasteiger charge is -2.25. The fraction of sp³-hybridized carbons (Fsp3) is 0.500. The number of hydrogen-bond donors (Lipinski definition) is 3. The summed E-state index contributed by atoms with van der Waals surface area (Å²) >= 11 is 3.16. The van der Waals surface area contributed by atoms with Crippen LogP contribution in [-0.2, 0) is 0 Å². The molecule has 116 valence electrons. The van der Waals surface area contributed by atoms with E-state index in [2.05, 4.69) is 21.1 Å². The van der Waals surface area contributed by atoms with Gasteiger partial charge in [-0.1, -0.05) is 5.16 Å². The van der Waals surface area contributed by atoms with Gasteiger partial charge in [0, 0.05) is 18.7 Å². The highest BCUT2D eigenvalue weighted by Crippen LogP contribution is 2.32. The van der Waals surface area contributed by atoms with Gasteiger partial charge in [0.05, 0.1) is 15.8 Å². The van der Waals surface area contributed by atoms with Crippen molar-refractivity contribution >= 4 is 27.5 Å². The Balaban J connectivity index is 2.31. The van der Waals surface area contributed by atoms with Crippen molar-refractivity contribution in [3.8, 4) is 0 Å². The summed E-state index contributed by atoms with van der Waals surface area (Å²) in [6.07, 6.45) is 2.09. The zero-order valence-corrected chi connectivity index (χ0v) is 13.4. The maximum atomic E-state index is 14.5. The normalized spacial score (nSPS) is 24.0. The largest absolute Gasteiger partial charge is 0.409 e. The van der Waals surface area contributed by atoms with Crippen LogP contribution in [-0.4, -0.2) is 34.8 Å². The summed E-state index contributed by atoms with van der Waals surface area (Å²) in [4.78, 5) is 1.91. The number of amidine groups is 1. The molecule has 7 heteroatoms. The maximum absolute atomic E-state index is 14.5. The predicted octanol–water partition coefficient (Wildman–Crippen LogP) is 2.42. The van der Waals surface area contributed by atoms with Crippen LogP contribution >= 0.6 is 15.9 Å². The fourth-order valence-corrected chi connectivity index (χ4v) is 3.08. The van der Waals surface area contributed by atoms with E-state index in [1.165, 1.54) is 0 Å². The summed E-state index contributed by atoms with van der Waals surface area (Å²) in [5, 5.41) is 21.7. The summed E-state index contributed by atoms with van der Waals surface area (Å²) in [5.74, 6) is -0.591. The molecule has 0 radical (unpaired) electrons. The smallest absolute Gasteiger partial charge is 0.171 e. The van der Waals surface area contributed by atoms with Gasteiger partial charge in [0.1, 0.15) is 0 Å². The van der Waals surface area contributed by atoms with Crippen molar-refractivity contribution in [1.29, 1.82) is 0 Å². The molecular weight excluding hydrogens is 341 g/mol. The number of nitrogens with two attached hydrogens (primary N) is 1. The molecule has 0 spiro atoms. The lowest BCUT2D eigenvalue weighted by Crippen LogP contribution is -2.29. The number of anilines is 1. The Morgan fingerprint density at radius 2 is 2.14 bits per heavy atom. The minimum Gasteiger partial charge on any atom is -0.409 e. The van der Waals surface area contributed by atoms with E-state index in [0.29, 0.717) is 37.2 Å². The van der Waals surface area contributed by atoms with Gasteiger partial charge < -0.3 is 20.9 Å². The molecule has 1 aliphatic heterocycles. The first-order valence-electron chi connectivity index (χ1n) is 6.79. The molecule has 0 amide bonds. The number of nitrogens with zero attached hydrogens (tertiary/aromatic N) is 2. The van der Waals surface area contributed by atoms with E-state index in [9.17, 15) is 9.50 Å². The van der Waals surface area contributed by atoms with Gasteiger partial charge in [-0.2, -0.15) is 0 Å². The van der Waals surface area contributed by atoms with Crippen molar-refractivity contribution in [2.75, 3.05) is 18.0 Å². The van der Waals surface area contributed by atoms with Crippen molar-refractivity contribution < 1.29 is 14.7 Å². The molecule has 1 saturated heterocycles. The molecule has 0 aromatic heterocycles. The Bertz CT molecular complexity index is 563. The molecule has 1 heterocycles. The Labute approximate surface area is 131 Å². The van der Waals surface area contributed by atoms with E-state index in [-0.39, 0.29) is 10.3 Å². The van der Waals surface area contributed by atoms with Gasteiger partial charge in [-0.15, -0.1) is 0 Å². The second kappa shape index (κ2) is 6.19. The number of hydrogen-bond acceptors (Lipinski definition) is 4. The zero-order valence-electron chi connectivity index (χ0n) is 11.8. The second-order valence-electron chi connectivity index (χ2n) is 5.58. The molecule has 2 rings (SSSR count). The van der Waals surface area contributed by atoms with Gasteiger partial charge in [0.2, 0.25) is 0 Å². The van der Waals surface area contributed by atoms with E-state index in [4.69, 9.17) is 10.9 Å². The molecule has 21 heavy (non-hydrogen) atoms. The van der Waals surface area contributed by atoms with Crippen LogP contribution in [0.3, 0.4) is 0 Å². The van der Waals surface area contributed by atoms with E-state index in [1.807, 2.05) is 11.8 Å². The SMILES string of the molecule is CC1(O)CCCN(c2ccc(/C(N)=N/O)c(Br)c2F)CC1. The third-order valence-corrected chi connectivity index (χ3v) is 4.63. The topological polar surface area (TPSA) is 82.1 Å². The van der Waals surface area contributed by atoms with Crippen LogP contribution in [0.4, 0.5) is 10.1 Å². The van der Waals surface area contributed by atoms with Crippen molar-refractivity contribution in [1.82, 2.24) is 0 Å². The lowest BCUT2D eigenvalue weighted by molar-refractivity contribution is 0.0481. The summed E-state index contributed by atoms with van der Waals surface area (Å²) in [5.41, 5.74) is 5.57. The lowest BCUT2D eigenvalue weighted by atomic mass is 9.98. The average Bonchev–Trinajstić information content (AvgIpc) is 2.62. The molecule has 5 nitrogen and oxygen atoms in total. The molecule has 1 aliphatic rings. The standard InChI is InChI=1S/C14H19BrFN3O2/c1-14(20)5-2-7-19(8-6-14)10-4-3-9(13(17)18-21)11(15)12(10)16/h3-4,20-21H,2,5-8H2,1H3,(H2,17,18). The number of oxime groups is 1. The van der Waals surface area contributed by atoms with Gasteiger partial charge in [-0.05, 0) is 54.2 Å². The molecule has 1 fully saturated rings. The molecule has 1 aromatic rings. The molecule has 0 aliphatic carbocycles. The predicted molar refractivity (Wildman–Crippen MR) is 83.3 cm³/mol. The summed E-state index contributed by atoms with van der Waals surface area (Å²) in [6, 6.07) is 3.23. The van der Waals surface area contributed by atoms with Crippen LogP contribution in [0.1, 0.15) is 31.7 Å². The van der Waals surface area contributed by atoms with Crippen LogP contribution in [0.5, 0.6) is 0 Å². The highest BCUT2D eigenvalue weighted by Gasteiger charge is 2.27. The quantitative estimate of drug-likeness (QED) is 0.327. The van der Waals surface area contributed by atoms with Crippen LogP contribution < -0.4 is 10.6 Å². The average molecular weight is 360 g/mol. The highest BCUT2D eigenvalue weighted by molar-refractivity contribution is 9.10. The van der Waals surface area contributed by atoms with E-state index >= 15 is 0 Å². The zero-order chi connectivity index (χ0) is 15.6. The summed E-state index contributed by atoms with van der Waals surface area (Å²) in [6.45, 7) is 3.08. The molecule has 0 saturated carbocycles. The minimum absolute atomic E-state index is 0.147. The first kappa shape index (κ1) is 16.0. The molecule has 0 bridgehead atoms. The molecule has 1 atom stereocenters. The monoisotopic (exact) mass is 359 g/mol. The molecule has 1 aromatic carbocycles. The van der Waals surface area contributed by atoms with Crippen molar-refractivity contribution in [2.45, 2.75) is 31.8 Å². The van der Waals surface area contributed by atoms with Gasteiger partial charge in [-0.3, -0.25) is 0 Å². The number of benzene rings is 1. The van der Waals surface area contributed by atoms with Gasteiger partial charge >= 0.3 is 0 Å². The summed E-state index contributed by atoms with van der Waals surface area (Å²) in [7, 11) is 0. The Morgan fingerprint density at radius 1 is 1.43 bits per heavy atom. The number of aliphatic hydroxyl groups is 1. The fourth-order valence-electron chi connectivity index (χ4n) is 2.54. The first-order valence-corrected chi connectivity index (χ1v) is 7.58. The van der Waals surface area contributed by atoms with Crippen LogP contribution in [0.25, 0.3) is 0 Å². The van der Waals surface area contributed by atoms with Gasteiger partial charge in [-0.25, -0.2) is 4.39 Å². The maximum Gasteiger partial charge on any atom is 0.171 e. The van der Waals surface area contributed by atoms with Crippen molar-refractivity contribution in [2.24, 2.45) is 10.9 Å². The minimum atomic E-state index is -0.698. The Kier molecular flexibility index (Phi) is 4.73. The summed E-state index contributed by atoms with van der Waals surface area (Å²) < 4.78 is 14.7. The Morgan fingerprint density at radius 3 is 2.81 bits per heavy atom. The number of halogens is 2. The van der Waals surface area contributed by atoms with Crippen LogP contribution in [0.15, 0.2) is 21.8 Å². The molecular formula is C14H19BrFN3O2. The Hall–Kier alpha value is -1.34.